The fourth-order valence-corrected chi connectivity index (χ4v) is 3.76. The van der Waals surface area contributed by atoms with Crippen molar-refractivity contribution in [3.8, 4) is 17.3 Å². The number of anilines is 1. The lowest BCUT2D eigenvalue weighted by molar-refractivity contribution is -0.728. The predicted molar refractivity (Wildman–Crippen MR) is 116 cm³/mol. The van der Waals surface area contributed by atoms with E-state index < -0.39 is 5.91 Å². The Morgan fingerprint density at radius 3 is 2.69 bits per heavy atom. The number of benzene rings is 1. The van der Waals surface area contributed by atoms with Crippen LogP contribution in [0.25, 0.3) is 16.9 Å². The maximum atomic E-state index is 13.1. The molecule has 9 nitrogen and oxygen atoms in total. The molecular formula is C23H20N7O2+. The average Bonchev–Trinajstić information content (AvgIpc) is 3.35. The van der Waals surface area contributed by atoms with Crippen molar-refractivity contribution in [1.82, 2.24) is 19.4 Å². The first-order valence-corrected chi connectivity index (χ1v) is 10.2. The van der Waals surface area contributed by atoms with E-state index in [0.29, 0.717) is 30.0 Å². The number of carbonyl (C=O) groups is 2. The van der Waals surface area contributed by atoms with E-state index in [9.17, 15) is 14.9 Å². The molecule has 2 amide bonds. The van der Waals surface area contributed by atoms with Gasteiger partial charge >= 0.3 is 11.6 Å². The number of hydrogen-bond acceptors (Lipinski definition) is 4. The van der Waals surface area contributed by atoms with Gasteiger partial charge in [0.1, 0.15) is 17.3 Å². The van der Waals surface area contributed by atoms with Gasteiger partial charge in [0.15, 0.2) is 7.05 Å². The second-order valence-corrected chi connectivity index (χ2v) is 7.66. The fourth-order valence-electron chi connectivity index (χ4n) is 3.76. The number of pyridine rings is 1. The Balaban J connectivity index is 1.49. The molecule has 1 aromatic carbocycles. The maximum Gasteiger partial charge on any atom is 0.323 e. The van der Waals surface area contributed by atoms with Crippen molar-refractivity contribution in [3.63, 3.8) is 0 Å². The second-order valence-electron chi connectivity index (χ2n) is 7.66. The molecule has 4 heterocycles. The number of carbonyl (C=O) groups excluding carboxylic acids is 2. The molecule has 3 aromatic heterocycles. The van der Waals surface area contributed by atoms with Gasteiger partial charge in [0.25, 0.3) is 5.91 Å². The molecule has 0 saturated carbocycles. The van der Waals surface area contributed by atoms with Crippen LogP contribution in [0.2, 0.25) is 0 Å². The molecule has 1 fully saturated rings. The number of nitrogens with one attached hydrogen (secondary N) is 2. The number of fused-ring (bicyclic) bond motifs is 1. The number of likely N-dealkylation sites (tertiary alicyclic amines) is 1. The summed E-state index contributed by atoms with van der Waals surface area (Å²) >= 11 is 0. The summed E-state index contributed by atoms with van der Waals surface area (Å²) in [6.45, 7) is 1.38. The number of nitrogens with zero attached hydrogens (tertiary/aromatic N) is 5. The lowest BCUT2D eigenvalue weighted by Crippen LogP contribution is -2.44. The number of amides is 2. The Morgan fingerprint density at radius 1 is 1.22 bits per heavy atom. The van der Waals surface area contributed by atoms with Gasteiger partial charge in [-0.15, -0.1) is 4.68 Å². The SMILES string of the molecule is C[n+]1[nH]cc(C(=O)N2CCC2)c1C(=O)Nc1cc2nc(-c3ccccc3)cn2cc1C#N. The van der Waals surface area contributed by atoms with Gasteiger partial charge in [0, 0.05) is 37.1 Å². The van der Waals surface area contributed by atoms with Gasteiger partial charge in [-0.1, -0.05) is 30.3 Å². The number of rotatable bonds is 4. The van der Waals surface area contributed by atoms with E-state index in [-0.39, 0.29) is 17.2 Å². The standard InChI is InChI=1S/C23H19N7O2/c1-28-21(17(12-25-28)23(32)29-8-5-9-29)22(31)27-18-10-20-26-19(15-6-3-2-4-7-15)14-30(20)13-16(18)11-24/h2-4,6-7,10,12-14H,5,8-9H2,1H3,(H,26,27,31)/p+1. The number of imidazole rings is 1. The molecular weight excluding hydrogens is 406 g/mol. The Labute approximate surface area is 183 Å². The number of H-pyrrole nitrogens is 1. The molecule has 0 radical (unpaired) electrons. The van der Waals surface area contributed by atoms with E-state index in [4.69, 9.17) is 0 Å². The molecule has 4 aromatic rings. The summed E-state index contributed by atoms with van der Waals surface area (Å²) in [5, 5.41) is 15.3. The first-order chi connectivity index (χ1) is 15.5. The van der Waals surface area contributed by atoms with Gasteiger partial charge in [-0.05, 0) is 6.42 Å². The van der Waals surface area contributed by atoms with Crippen LogP contribution in [-0.4, -0.2) is 44.3 Å². The summed E-state index contributed by atoms with van der Waals surface area (Å²) < 4.78 is 3.25. The smallest absolute Gasteiger partial charge is 0.323 e. The molecule has 9 heteroatoms. The largest absolute Gasteiger partial charge is 0.338 e. The normalized spacial score (nSPS) is 12.9. The van der Waals surface area contributed by atoms with Crippen molar-refractivity contribution in [3.05, 3.63) is 71.8 Å². The van der Waals surface area contributed by atoms with Crippen LogP contribution in [-0.2, 0) is 7.05 Å². The summed E-state index contributed by atoms with van der Waals surface area (Å²) in [5.74, 6) is -0.664. The van der Waals surface area contributed by atoms with Crippen molar-refractivity contribution in [2.24, 2.45) is 7.05 Å². The quantitative estimate of drug-likeness (QED) is 0.487. The monoisotopic (exact) mass is 426 g/mol. The highest BCUT2D eigenvalue weighted by molar-refractivity contribution is 6.10. The summed E-state index contributed by atoms with van der Waals surface area (Å²) in [7, 11) is 1.66. The van der Waals surface area contributed by atoms with Gasteiger partial charge in [-0.3, -0.25) is 9.59 Å². The predicted octanol–water partition coefficient (Wildman–Crippen LogP) is 2.12. The molecule has 1 saturated heterocycles. The van der Waals surface area contributed by atoms with E-state index in [2.05, 4.69) is 21.5 Å². The van der Waals surface area contributed by atoms with Gasteiger partial charge in [0.05, 0.1) is 23.1 Å². The van der Waals surface area contributed by atoms with Crippen molar-refractivity contribution >= 4 is 23.1 Å². The van der Waals surface area contributed by atoms with Gasteiger partial charge in [-0.2, -0.15) is 10.4 Å². The molecule has 0 atom stereocenters. The summed E-state index contributed by atoms with van der Waals surface area (Å²) in [4.78, 5) is 32.1. The van der Waals surface area contributed by atoms with E-state index in [1.807, 2.05) is 36.5 Å². The number of hydrogen-bond donors (Lipinski definition) is 2. The van der Waals surface area contributed by atoms with Crippen LogP contribution in [0.3, 0.4) is 0 Å². The van der Waals surface area contributed by atoms with E-state index in [1.54, 1.807) is 28.6 Å². The van der Waals surface area contributed by atoms with Crippen molar-refractivity contribution in [2.45, 2.75) is 6.42 Å². The highest BCUT2D eigenvalue weighted by atomic mass is 16.2. The molecule has 0 aliphatic carbocycles. The number of nitriles is 1. The minimum Gasteiger partial charge on any atom is -0.338 e. The van der Waals surface area contributed by atoms with Crippen LogP contribution in [0.15, 0.2) is 55.0 Å². The van der Waals surface area contributed by atoms with Gasteiger partial charge < -0.3 is 14.6 Å². The maximum absolute atomic E-state index is 13.1. The summed E-state index contributed by atoms with van der Waals surface area (Å²) in [6.07, 6.45) is 5.97. The minimum absolute atomic E-state index is 0.185. The Morgan fingerprint density at radius 2 is 2.00 bits per heavy atom. The fraction of sp³-hybridized carbons (Fsp3) is 0.174. The van der Waals surface area contributed by atoms with Gasteiger partial charge in [-0.25, -0.2) is 4.98 Å². The first-order valence-electron chi connectivity index (χ1n) is 10.2. The van der Waals surface area contributed by atoms with Crippen LogP contribution < -0.4 is 10.00 Å². The third-order valence-corrected chi connectivity index (χ3v) is 5.61. The summed E-state index contributed by atoms with van der Waals surface area (Å²) in [5.41, 5.74) is 3.44. The number of aromatic amines is 1. The minimum atomic E-state index is -0.478. The lowest BCUT2D eigenvalue weighted by atomic mass is 10.1. The molecule has 158 valence electrons. The molecule has 32 heavy (non-hydrogen) atoms. The van der Waals surface area contributed by atoms with Crippen LogP contribution >= 0.6 is 0 Å². The second kappa shape index (κ2) is 7.67. The molecule has 1 aliphatic rings. The third-order valence-electron chi connectivity index (χ3n) is 5.61. The Kier molecular flexibility index (Phi) is 4.67. The highest BCUT2D eigenvalue weighted by Crippen LogP contribution is 2.24. The third kappa shape index (κ3) is 3.28. The summed E-state index contributed by atoms with van der Waals surface area (Å²) in [6, 6.07) is 13.5. The molecule has 0 spiro atoms. The van der Waals surface area contributed by atoms with Crippen molar-refractivity contribution < 1.29 is 14.3 Å². The lowest BCUT2D eigenvalue weighted by Gasteiger charge is -2.30. The zero-order valence-corrected chi connectivity index (χ0v) is 17.4. The zero-order valence-electron chi connectivity index (χ0n) is 17.4. The molecule has 0 unspecified atom stereocenters. The number of aryl methyl sites for hydroxylation is 1. The molecule has 5 rings (SSSR count). The first kappa shape index (κ1) is 19.5. The van der Waals surface area contributed by atoms with Crippen LogP contribution in [0, 0.1) is 11.3 Å². The molecule has 1 aliphatic heterocycles. The molecule has 2 N–H and O–H groups in total. The van der Waals surface area contributed by atoms with E-state index >= 15 is 0 Å². The Bertz CT molecular complexity index is 1390. The Hall–Kier alpha value is -4.45. The topological polar surface area (TPSA) is 110 Å². The highest BCUT2D eigenvalue weighted by Gasteiger charge is 2.33. The van der Waals surface area contributed by atoms with Crippen LogP contribution in [0.1, 0.15) is 32.8 Å². The van der Waals surface area contributed by atoms with Gasteiger partial charge in [0.2, 0.25) is 0 Å². The van der Waals surface area contributed by atoms with Crippen LogP contribution in [0.5, 0.6) is 0 Å². The van der Waals surface area contributed by atoms with E-state index in [0.717, 1.165) is 17.7 Å². The van der Waals surface area contributed by atoms with Crippen LogP contribution in [0.4, 0.5) is 5.69 Å². The van der Waals surface area contributed by atoms with Crippen molar-refractivity contribution in [2.75, 3.05) is 18.4 Å². The van der Waals surface area contributed by atoms with Crippen molar-refractivity contribution in [1.29, 1.82) is 5.26 Å². The number of aromatic nitrogens is 4. The average molecular weight is 426 g/mol. The molecule has 0 bridgehead atoms. The zero-order chi connectivity index (χ0) is 22.2. The van der Waals surface area contributed by atoms with E-state index in [1.165, 1.54) is 10.9 Å².